The van der Waals surface area contributed by atoms with Gasteiger partial charge in [-0.3, -0.25) is 0 Å². The number of likely N-dealkylation sites (tertiary alicyclic amines) is 1. The van der Waals surface area contributed by atoms with Crippen molar-refractivity contribution in [1.29, 1.82) is 0 Å². The molecule has 1 aliphatic heterocycles. The van der Waals surface area contributed by atoms with Gasteiger partial charge in [0.15, 0.2) is 0 Å². The standard InChI is InChI=1S/C17H26N2O/c1-13-10-14(2)12-19(11-13)17(20)18-9-8-16-7-5-4-6-15(16)3/h4-7,13-14H,8-12H2,1-3H3,(H,18,20). The minimum absolute atomic E-state index is 0.0944. The third-order valence-electron chi connectivity index (χ3n) is 4.09. The van der Waals surface area contributed by atoms with Crippen LogP contribution in [0.15, 0.2) is 24.3 Å². The molecule has 3 heteroatoms. The number of benzene rings is 1. The molecule has 0 bridgehead atoms. The summed E-state index contributed by atoms with van der Waals surface area (Å²) in [6.07, 6.45) is 2.13. The Hall–Kier alpha value is -1.51. The van der Waals surface area contributed by atoms with Crippen molar-refractivity contribution in [3.63, 3.8) is 0 Å². The predicted molar refractivity (Wildman–Crippen MR) is 82.8 cm³/mol. The number of aryl methyl sites for hydroxylation is 1. The van der Waals surface area contributed by atoms with Crippen molar-refractivity contribution < 1.29 is 4.79 Å². The second-order valence-electron chi connectivity index (χ2n) is 6.26. The first-order chi connectivity index (χ1) is 9.56. The SMILES string of the molecule is Cc1ccccc1CCNC(=O)N1CC(C)CC(C)C1. The van der Waals surface area contributed by atoms with Crippen molar-refractivity contribution >= 4 is 6.03 Å². The molecule has 1 aromatic rings. The number of rotatable bonds is 3. The molecule has 3 nitrogen and oxygen atoms in total. The maximum Gasteiger partial charge on any atom is 0.317 e. The first-order valence-corrected chi connectivity index (χ1v) is 7.63. The van der Waals surface area contributed by atoms with Crippen LogP contribution in [0.25, 0.3) is 0 Å². The summed E-state index contributed by atoms with van der Waals surface area (Å²) in [6.45, 7) is 9.06. The van der Waals surface area contributed by atoms with Gasteiger partial charge in [-0.2, -0.15) is 0 Å². The Morgan fingerprint density at radius 3 is 2.55 bits per heavy atom. The molecular weight excluding hydrogens is 248 g/mol. The number of carbonyl (C=O) groups excluding carboxylic acids is 1. The zero-order valence-corrected chi connectivity index (χ0v) is 12.9. The number of urea groups is 1. The van der Waals surface area contributed by atoms with E-state index >= 15 is 0 Å². The van der Waals surface area contributed by atoms with Gasteiger partial charge in [-0.15, -0.1) is 0 Å². The van der Waals surface area contributed by atoms with Crippen LogP contribution in [-0.2, 0) is 6.42 Å². The molecule has 1 fully saturated rings. The highest BCUT2D eigenvalue weighted by molar-refractivity contribution is 5.74. The number of nitrogens with one attached hydrogen (secondary N) is 1. The fraction of sp³-hybridized carbons (Fsp3) is 0.588. The minimum atomic E-state index is 0.0944. The molecule has 0 spiro atoms. The van der Waals surface area contributed by atoms with Gasteiger partial charge in [0.1, 0.15) is 0 Å². The van der Waals surface area contributed by atoms with Crippen molar-refractivity contribution in [2.24, 2.45) is 11.8 Å². The molecule has 1 aromatic carbocycles. The molecule has 110 valence electrons. The largest absolute Gasteiger partial charge is 0.338 e. The first-order valence-electron chi connectivity index (χ1n) is 7.63. The van der Waals surface area contributed by atoms with Gasteiger partial charge >= 0.3 is 6.03 Å². The van der Waals surface area contributed by atoms with Crippen LogP contribution in [0.4, 0.5) is 4.79 Å². The number of hydrogen-bond donors (Lipinski definition) is 1. The molecule has 2 unspecified atom stereocenters. The van der Waals surface area contributed by atoms with E-state index in [1.54, 1.807) is 0 Å². The Balaban J connectivity index is 1.79. The lowest BCUT2D eigenvalue weighted by molar-refractivity contribution is 0.146. The Morgan fingerprint density at radius 2 is 1.90 bits per heavy atom. The summed E-state index contributed by atoms with van der Waals surface area (Å²) in [5.74, 6) is 1.22. The highest BCUT2D eigenvalue weighted by atomic mass is 16.2. The summed E-state index contributed by atoms with van der Waals surface area (Å²) in [7, 11) is 0. The summed E-state index contributed by atoms with van der Waals surface area (Å²) in [6, 6.07) is 8.45. The fourth-order valence-electron chi connectivity index (χ4n) is 3.14. The van der Waals surface area contributed by atoms with Crippen LogP contribution in [0, 0.1) is 18.8 Å². The molecule has 2 rings (SSSR count). The summed E-state index contributed by atoms with van der Waals surface area (Å²) < 4.78 is 0. The van der Waals surface area contributed by atoms with Crippen LogP contribution in [-0.4, -0.2) is 30.6 Å². The van der Waals surface area contributed by atoms with E-state index in [1.165, 1.54) is 17.5 Å². The first kappa shape index (κ1) is 14.9. The van der Waals surface area contributed by atoms with Gasteiger partial charge in [0.05, 0.1) is 0 Å². The number of nitrogens with zero attached hydrogens (tertiary/aromatic N) is 1. The van der Waals surface area contributed by atoms with Gasteiger partial charge in [-0.25, -0.2) is 4.79 Å². The molecule has 1 aliphatic rings. The Morgan fingerprint density at radius 1 is 1.25 bits per heavy atom. The van der Waals surface area contributed by atoms with Gasteiger partial charge in [-0.05, 0) is 42.7 Å². The van der Waals surface area contributed by atoms with E-state index in [4.69, 9.17) is 0 Å². The van der Waals surface area contributed by atoms with E-state index in [0.717, 1.165) is 19.5 Å². The number of carbonyl (C=O) groups is 1. The Bertz CT molecular complexity index is 448. The molecule has 0 aliphatic carbocycles. The molecule has 2 amide bonds. The summed E-state index contributed by atoms with van der Waals surface area (Å²) >= 11 is 0. The van der Waals surface area contributed by atoms with Crippen LogP contribution in [0.1, 0.15) is 31.4 Å². The monoisotopic (exact) mass is 274 g/mol. The molecule has 2 atom stereocenters. The van der Waals surface area contributed by atoms with E-state index < -0.39 is 0 Å². The maximum atomic E-state index is 12.2. The molecule has 0 aromatic heterocycles. The lowest BCUT2D eigenvalue weighted by atomic mass is 9.92. The van der Waals surface area contributed by atoms with E-state index in [0.29, 0.717) is 18.4 Å². The lowest BCUT2D eigenvalue weighted by Crippen LogP contribution is -2.47. The van der Waals surface area contributed by atoms with Crippen LogP contribution in [0.3, 0.4) is 0 Å². The third kappa shape index (κ3) is 3.99. The van der Waals surface area contributed by atoms with Gasteiger partial charge in [-0.1, -0.05) is 38.1 Å². The van der Waals surface area contributed by atoms with Gasteiger partial charge in [0.2, 0.25) is 0 Å². The van der Waals surface area contributed by atoms with Crippen LogP contribution in [0.5, 0.6) is 0 Å². The van der Waals surface area contributed by atoms with Gasteiger partial charge < -0.3 is 10.2 Å². The van der Waals surface area contributed by atoms with Crippen LogP contribution in [0.2, 0.25) is 0 Å². The van der Waals surface area contributed by atoms with E-state index in [1.807, 2.05) is 11.0 Å². The van der Waals surface area contributed by atoms with Crippen molar-refractivity contribution in [2.45, 2.75) is 33.6 Å². The van der Waals surface area contributed by atoms with Gasteiger partial charge in [0, 0.05) is 19.6 Å². The van der Waals surface area contributed by atoms with Crippen molar-refractivity contribution in [1.82, 2.24) is 10.2 Å². The smallest absolute Gasteiger partial charge is 0.317 e. The molecule has 1 saturated heterocycles. The minimum Gasteiger partial charge on any atom is -0.338 e. The van der Waals surface area contributed by atoms with E-state index in [-0.39, 0.29) is 6.03 Å². The Kier molecular flexibility index (Phi) is 5.05. The van der Waals surface area contributed by atoms with Crippen LogP contribution >= 0.6 is 0 Å². The molecule has 0 radical (unpaired) electrons. The molecule has 0 saturated carbocycles. The number of hydrogen-bond acceptors (Lipinski definition) is 1. The van der Waals surface area contributed by atoms with Crippen LogP contribution < -0.4 is 5.32 Å². The highest BCUT2D eigenvalue weighted by Gasteiger charge is 2.24. The predicted octanol–water partition coefficient (Wildman–Crippen LogP) is 3.23. The van der Waals surface area contributed by atoms with Gasteiger partial charge in [0.25, 0.3) is 0 Å². The number of piperidine rings is 1. The maximum absolute atomic E-state index is 12.2. The quantitative estimate of drug-likeness (QED) is 0.901. The van der Waals surface area contributed by atoms with Crippen molar-refractivity contribution in [2.75, 3.05) is 19.6 Å². The number of amides is 2. The summed E-state index contributed by atoms with van der Waals surface area (Å²) in [5, 5.41) is 3.06. The average Bonchev–Trinajstić information content (AvgIpc) is 2.39. The second-order valence-corrected chi connectivity index (χ2v) is 6.26. The average molecular weight is 274 g/mol. The van der Waals surface area contributed by atoms with E-state index in [9.17, 15) is 4.79 Å². The lowest BCUT2D eigenvalue weighted by Gasteiger charge is -2.34. The Labute approximate surface area is 122 Å². The summed E-state index contributed by atoms with van der Waals surface area (Å²) in [4.78, 5) is 14.1. The normalized spacial score (nSPS) is 22.6. The molecular formula is C17H26N2O. The highest BCUT2D eigenvalue weighted by Crippen LogP contribution is 2.20. The zero-order valence-electron chi connectivity index (χ0n) is 12.9. The molecule has 1 heterocycles. The van der Waals surface area contributed by atoms with Crippen molar-refractivity contribution in [3.05, 3.63) is 35.4 Å². The topological polar surface area (TPSA) is 32.3 Å². The zero-order chi connectivity index (χ0) is 14.5. The molecule has 1 N–H and O–H groups in total. The summed E-state index contributed by atoms with van der Waals surface area (Å²) in [5.41, 5.74) is 2.61. The van der Waals surface area contributed by atoms with E-state index in [2.05, 4.69) is 44.3 Å². The second kappa shape index (κ2) is 6.78. The third-order valence-corrected chi connectivity index (χ3v) is 4.09. The fourth-order valence-corrected chi connectivity index (χ4v) is 3.14. The van der Waals surface area contributed by atoms with Crippen molar-refractivity contribution in [3.8, 4) is 0 Å². The molecule has 20 heavy (non-hydrogen) atoms.